The van der Waals surface area contributed by atoms with Crippen molar-refractivity contribution in [2.75, 3.05) is 50.8 Å². The van der Waals surface area contributed by atoms with Crippen molar-refractivity contribution in [3.05, 3.63) is 12.4 Å². The summed E-state index contributed by atoms with van der Waals surface area (Å²) in [6.07, 6.45) is 3.58. The Kier molecular flexibility index (Phi) is 7.24. The van der Waals surface area contributed by atoms with Crippen LogP contribution in [0.5, 0.6) is 0 Å². The zero-order valence-corrected chi connectivity index (χ0v) is 15.7. The molecule has 2 heterocycles. The second-order valence-electron chi connectivity index (χ2n) is 6.54. The van der Waals surface area contributed by atoms with Crippen LogP contribution in [-0.4, -0.2) is 72.5 Å². The van der Waals surface area contributed by atoms with Crippen LogP contribution in [0.15, 0.2) is 17.4 Å². The van der Waals surface area contributed by atoms with E-state index in [1.165, 1.54) is 0 Å². The fourth-order valence-corrected chi connectivity index (χ4v) is 2.64. The molecular weight excluding hydrogens is 320 g/mol. The number of anilines is 1. The molecule has 140 valence electrons. The van der Waals surface area contributed by atoms with E-state index in [2.05, 4.69) is 29.3 Å². The summed E-state index contributed by atoms with van der Waals surface area (Å²) in [5.74, 6) is 1.35. The normalized spacial score (nSPS) is 16.0. The molecule has 1 aliphatic heterocycles. The Morgan fingerprint density at radius 2 is 2.24 bits per heavy atom. The van der Waals surface area contributed by atoms with Crippen LogP contribution in [-0.2, 0) is 16.6 Å². The molecule has 25 heavy (non-hydrogen) atoms. The number of piperazine rings is 1. The molecule has 1 aromatic heterocycles. The molecule has 1 aromatic rings. The maximum atomic E-state index is 12.5. The Balaban J connectivity index is 1.90. The summed E-state index contributed by atoms with van der Waals surface area (Å²) in [5, 5.41) is 7.40. The van der Waals surface area contributed by atoms with Crippen molar-refractivity contribution >= 4 is 17.6 Å². The molecule has 0 unspecified atom stereocenters. The predicted octanol–water partition coefficient (Wildman–Crippen LogP) is 0.707. The van der Waals surface area contributed by atoms with E-state index in [1.54, 1.807) is 15.8 Å². The van der Waals surface area contributed by atoms with Gasteiger partial charge in [-0.3, -0.25) is 14.5 Å². The van der Waals surface area contributed by atoms with Crippen molar-refractivity contribution in [2.24, 2.45) is 18.0 Å². The molecular formula is C17H30N6O2. The molecule has 8 nitrogen and oxygen atoms in total. The van der Waals surface area contributed by atoms with Gasteiger partial charge in [-0.25, -0.2) is 0 Å². The molecule has 2 rings (SSSR count). The number of rotatable bonds is 7. The van der Waals surface area contributed by atoms with Gasteiger partial charge in [0.1, 0.15) is 6.54 Å². The first kappa shape index (κ1) is 19.2. The summed E-state index contributed by atoms with van der Waals surface area (Å²) in [6, 6.07) is 0. The average Bonchev–Trinajstić information content (AvgIpc) is 2.99. The third-order valence-electron chi connectivity index (χ3n) is 3.81. The number of hydrogen-bond donors (Lipinski definition) is 1. The predicted molar refractivity (Wildman–Crippen MR) is 98.8 cm³/mol. The smallest absolute Gasteiger partial charge is 0.246 e. The number of aryl methyl sites for hydroxylation is 1. The lowest BCUT2D eigenvalue weighted by Crippen LogP contribution is -2.55. The third-order valence-corrected chi connectivity index (χ3v) is 3.81. The quantitative estimate of drug-likeness (QED) is 0.445. The van der Waals surface area contributed by atoms with Crippen molar-refractivity contribution in [1.29, 1.82) is 0 Å². The highest BCUT2D eigenvalue weighted by molar-refractivity contribution is 5.98. The minimum atomic E-state index is 0.0564. The first-order valence-electron chi connectivity index (χ1n) is 8.91. The van der Waals surface area contributed by atoms with E-state index in [4.69, 9.17) is 4.74 Å². The maximum absolute atomic E-state index is 12.5. The lowest BCUT2D eigenvalue weighted by atomic mass is 10.2. The van der Waals surface area contributed by atoms with E-state index >= 15 is 0 Å². The first-order chi connectivity index (χ1) is 12.0. The van der Waals surface area contributed by atoms with Crippen molar-refractivity contribution in [2.45, 2.75) is 20.8 Å². The summed E-state index contributed by atoms with van der Waals surface area (Å²) in [4.78, 5) is 20.9. The number of guanidine groups is 1. The number of carbonyl (C=O) groups is 1. The van der Waals surface area contributed by atoms with E-state index in [9.17, 15) is 4.79 Å². The van der Waals surface area contributed by atoms with Gasteiger partial charge in [0.25, 0.3) is 0 Å². The SMILES string of the molecule is CCNC(=NCCOCC(C)C)N1CCN(c2cnn(C)c2)C(=O)C1. The Labute approximate surface area is 149 Å². The van der Waals surface area contributed by atoms with Gasteiger partial charge in [0.05, 0.1) is 25.0 Å². The topological polar surface area (TPSA) is 75.0 Å². The van der Waals surface area contributed by atoms with Crippen molar-refractivity contribution < 1.29 is 9.53 Å². The molecule has 0 spiro atoms. The maximum Gasteiger partial charge on any atom is 0.246 e. The minimum Gasteiger partial charge on any atom is -0.379 e. The molecule has 0 aliphatic carbocycles. The molecule has 0 bridgehead atoms. The molecule has 1 N–H and O–H groups in total. The van der Waals surface area contributed by atoms with E-state index < -0.39 is 0 Å². The molecule has 1 fully saturated rings. The van der Waals surface area contributed by atoms with Crippen LogP contribution in [0, 0.1) is 5.92 Å². The van der Waals surface area contributed by atoms with Crippen LogP contribution in [0.4, 0.5) is 5.69 Å². The molecule has 0 atom stereocenters. The number of hydrogen-bond acceptors (Lipinski definition) is 4. The molecule has 0 saturated carbocycles. The number of amides is 1. The highest BCUT2D eigenvalue weighted by Gasteiger charge is 2.27. The largest absolute Gasteiger partial charge is 0.379 e. The van der Waals surface area contributed by atoms with Crippen molar-refractivity contribution in [3.63, 3.8) is 0 Å². The number of ether oxygens (including phenoxy) is 1. The van der Waals surface area contributed by atoms with Gasteiger partial charge in [-0.15, -0.1) is 0 Å². The van der Waals surface area contributed by atoms with Crippen molar-refractivity contribution in [1.82, 2.24) is 20.0 Å². The zero-order valence-electron chi connectivity index (χ0n) is 15.7. The van der Waals surface area contributed by atoms with Gasteiger partial charge in [-0.2, -0.15) is 5.10 Å². The highest BCUT2D eigenvalue weighted by atomic mass is 16.5. The summed E-state index contributed by atoms with van der Waals surface area (Å²) < 4.78 is 7.28. The average molecular weight is 350 g/mol. The number of nitrogens with zero attached hydrogens (tertiary/aromatic N) is 5. The lowest BCUT2D eigenvalue weighted by molar-refractivity contribution is -0.120. The zero-order chi connectivity index (χ0) is 18.2. The summed E-state index contributed by atoms with van der Waals surface area (Å²) in [6.45, 7) is 10.6. The minimum absolute atomic E-state index is 0.0564. The first-order valence-corrected chi connectivity index (χ1v) is 8.91. The molecule has 8 heteroatoms. The van der Waals surface area contributed by atoms with E-state index in [0.717, 1.165) is 31.3 Å². The Hall–Kier alpha value is -2.09. The summed E-state index contributed by atoms with van der Waals surface area (Å²) in [5.41, 5.74) is 0.844. The van der Waals surface area contributed by atoms with Gasteiger partial charge < -0.3 is 19.9 Å². The van der Waals surface area contributed by atoms with E-state index in [0.29, 0.717) is 32.2 Å². The van der Waals surface area contributed by atoms with Crippen LogP contribution in [0.3, 0.4) is 0 Å². The van der Waals surface area contributed by atoms with Crippen LogP contribution >= 0.6 is 0 Å². The fourth-order valence-electron chi connectivity index (χ4n) is 2.64. The number of aromatic nitrogens is 2. The Morgan fingerprint density at radius 3 is 2.84 bits per heavy atom. The standard InChI is InChI=1S/C17H30N6O2/c1-5-18-17(19-6-9-25-13-14(2)3)22-7-8-23(16(24)12-22)15-10-20-21(4)11-15/h10-11,14H,5-9,12-13H2,1-4H3,(H,18,19). The van der Waals surface area contributed by atoms with Crippen LogP contribution in [0.25, 0.3) is 0 Å². The Morgan fingerprint density at radius 1 is 1.44 bits per heavy atom. The highest BCUT2D eigenvalue weighted by Crippen LogP contribution is 2.16. The second kappa shape index (κ2) is 9.41. The molecule has 0 radical (unpaired) electrons. The van der Waals surface area contributed by atoms with Crippen LogP contribution < -0.4 is 10.2 Å². The number of nitrogens with one attached hydrogen (secondary N) is 1. The summed E-state index contributed by atoms with van der Waals surface area (Å²) >= 11 is 0. The van der Waals surface area contributed by atoms with E-state index in [-0.39, 0.29) is 5.91 Å². The van der Waals surface area contributed by atoms with Crippen LogP contribution in [0.1, 0.15) is 20.8 Å². The second-order valence-corrected chi connectivity index (χ2v) is 6.54. The summed E-state index contributed by atoms with van der Waals surface area (Å²) in [7, 11) is 1.85. The van der Waals surface area contributed by atoms with Gasteiger partial charge in [-0.1, -0.05) is 13.8 Å². The molecule has 1 aliphatic rings. The molecule has 1 saturated heterocycles. The lowest BCUT2D eigenvalue weighted by Gasteiger charge is -2.35. The van der Waals surface area contributed by atoms with Gasteiger partial charge in [-0.05, 0) is 12.8 Å². The molecule has 0 aromatic carbocycles. The Bertz CT molecular complexity index is 583. The van der Waals surface area contributed by atoms with E-state index in [1.807, 2.05) is 25.1 Å². The van der Waals surface area contributed by atoms with Gasteiger partial charge >= 0.3 is 0 Å². The number of carbonyl (C=O) groups excluding carboxylic acids is 1. The van der Waals surface area contributed by atoms with Gasteiger partial charge in [0, 0.05) is 39.5 Å². The fraction of sp³-hybridized carbons (Fsp3) is 0.706. The van der Waals surface area contributed by atoms with Gasteiger partial charge in [0.15, 0.2) is 5.96 Å². The number of aliphatic imine (C=N–C) groups is 1. The third kappa shape index (κ3) is 5.74. The van der Waals surface area contributed by atoms with Crippen molar-refractivity contribution in [3.8, 4) is 0 Å². The van der Waals surface area contributed by atoms with Crippen LogP contribution in [0.2, 0.25) is 0 Å². The van der Waals surface area contributed by atoms with Gasteiger partial charge in [0.2, 0.25) is 5.91 Å². The molecule has 1 amide bonds. The monoisotopic (exact) mass is 350 g/mol.